The van der Waals surface area contributed by atoms with Gasteiger partial charge in [-0.05, 0) is 62.9 Å². The summed E-state index contributed by atoms with van der Waals surface area (Å²) in [5, 5.41) is 0.728. The fourth-order valence-electron chi connectivity index (χ4n) is 3.62. The normalized spacial score (nSPS) is 21.6. The first-order valence-electron chi connectivity index (χ1n) is 8.54. The van der Waals surface area contributed by atoms with Crippen molar-refractivity contribution in [2.75, 3.05) is 26.2 Å². The zero-order valence-electron chi connectivity index (χ0n) is 13.1. The molecule has 1 unspecified atom stereocenters. The Morgan fingerprint density at radius 3 is 2.00 bits per heavy atom. The van der Waals surface area contributed by atoms with Crippen molar-refractivity contribution in [1.82, 2.24) is 9.80 Å². The van der Waals surface area contributed by atoms with E-state index in [0.29, 0.717) is 0 Å². The van der Waals surface area contributed by atoms with Crippen LogP contribution in [-0.2, 0) is 4.79 Å². The standard InChI is InChI=1S/C18H25ClN2O/c19-16-9-7-15(8-10-16)17(20-11-3-1-4-12-20)18(22)21-13-5-2-6-14-21/h7-10,17H,1-6,11-14H2. The summed E-state index contributed by atoms with van der Waals surface area (Å²) in [6.45, 7) is 3.87. The number of hydrogen-bond acceptors (Lipinski definition) is 2. The number of hydrogen-bond donors (Lipinski definition) is 0. The van der Waals surface area contributed by atoms with Gasteiger partial charge < -0.3 is 4.90 Å². The number of rotatable bonds is 3. The van der Waals surface area contributed by atoms with Crippen LogP contribution < -0.4 is 0 Å². The molecular weight excluding hydrogens is 296 g/mol. The van der Waals surface area contributed by atoms with E-state index >= 15 is 0 Å². The molecular formula is C18H25ClN2O. The second-order valence-electron chi connectivity index (χ2n) is 6.44. The van der Waals surface area contributed by atoms with E-state index in [1.54, 1.807) is 0 Å². The largest absolute Gasteiger partial charge is 0.341 e. The molecule has 4 heteroatoms. The summed E-state index contributed by atoms with van der Waals surface area (Å²) < 4.78 is 0. The van der Waals surface area contributed by atoms with Crippen LogP contribution in [0.2, 0.25) is 5.02 Å². The predicted molar refractivity (Wildman–Crippen MR) is 90.0 cm³/mol. The lowest BCUT2D eigenvalue weighted by Gasteiger charge is -2.38. The number of piperidine rings is 2. The maximum Gasteiger partial charge on any atom is 0.244 e. The average Bonchev–Trinajstić information content (AvgIpc) is 2.58. The quantitative estimate of drug-likeness (QED) is 0.844. The third-order valence-corrected chi connectivity index (χ3v) is 5.10. The van der Waals surface area contributed by atoms with Crippen LogP contribution in [0, 0.1) is 0 Å². The molecule has 0 aliphatic carbocycles. The summed E-state index contributed by atoms with van der Waals surface area (Å²) in [6.07, 6.45) is 7.19. The van der Waals surface area contributed by atoms with Gasteiger partial charge in [-0.2, -0.15) is 0 Å². The molecule has 2 aliphatic rings. The Labute approximate surface area is 138 Å². The maximum atomic E-state index is 13.1. The zero-order chi connectivity index (χ0) is 15.4. The molecule has 120 valence electrons. The Hall–Kier alpha value is -1.06. The predicted octanol–water partition coefficient (Wildman–Crippen LogP) is 3.88. The van der Waals surface area contributed by atoms with E-state index in [0.717, 1.165) is 49.6 Å². The summed E-state index contributed by atoms with van der Waals surface area (Å²) >= 11 is 6.02. The first-order chi connectivity index (χ1) is 10.8. The highest BCUT2D eigenvalue weighted by Gasteiger charge is 2.32. The van der Waals surface area contributed by atoms with E-state index in [1.165, 1.54) is 25.7 Å². The van der Waals surface area contributed by atoms with Crippen molar-refractivity contribution in [3.05, 3.63) is 34.9 Å². The number of amides is 1. The van der Waals surface area contributed by atoms with Gasteiger partial charge in [-0.25, -0.2) is 0 Å². The third kappa shape index (κ3) is 3.64. The Kier molecular flexibility index (Phi) is 5.37. The summed E-state index contributed by atoms with van der Waals surface area (Å²) in [4.78, 5) is 17.6. The van der Waals surface area contributed by atoms with Crippen LogP contribution in [-0.4, -0.2) is 41.9 Å². The highest BCUT2D eigenvalue weighted by atomic mass is 35.5. The molecule has 0 bridgehead atoms. The molecule has 2 heterocycles. The second kappa shape index (κ2) is 7.47. The molecule has 2 aliphatic heterocycles. The highest BCUT2D eigenvalue weighted by Crippen LogP contribution is 2.28. The lowest BCUT2D eigenvalue weighted by Crippen LogP contribution is -2.46. The van der Waals surface area contributed by atoms with E-state index in [9.17, 15) is 4.79 Å². The van der Waals surface area contributed by atoms with Crippen molar-refractivity contribution in [3.63, 3.8) is 0 Å². The monoisotopic (exact) mass is 320 g/mol. The third-order valence-electron chi connectivity index (χ3n) is 4.84. The lowest BCUT2D eigenvalue weighted by atomic mass is 9.99. The molecule has 0 aromatic heterocycles. The molecule has 1 atom stereocenters. The molecule has 0 spiro atoms. The van der Waals surface area contributed by atoms with Gasteiger partial charge in [0.15, 0.2) is 0 Å². The van der Waals surface area contributed by atoms with E-state index in [-0.39, 0.29) is 11.9 Å². The van der Waals surface area contributed by atoms with Gasteiger partial charge in [0, 0.05) is 18.1 Å². The minimum atomic E-state index is -0.129. The fourth-order valence-corrected chi connectivity index (χ4v) is 3.74. The molecule has 1 aromatic rings. The molecule has 0 N–H and O–H groups in total. The van der Waals surface area contributed by atoms with Crippen LogP contribution in [0.1, 0.15) is 50.1 Å². The topological polar surface area (TPSA) is 23.6 Å². The highest BCUT2D eigenvalue weighted by molar-refractivity contribution is 6.30. The molecule has 1 aromatic carbocycles. The van der Waals surface area contributed by atoms with E-state index in [4.69, 9.17) is 11.6 Å². The van der Waals surface area contributed by atoms with E-state index < -0.39 is 0 Å². The fraction of sp³-hybridized carbons (Fsp3) is 0.611. The molecule has 3 nitrogen and oxygen atoms in total. The Morgan fingerprint density at radius 1 is 0.864 bits per heavy atom. The smallest absolute Gasteiger partial charge is 0.244 e. The summed E-state index contributed by atoms with van der Waals surface area (Å²) in [7, 11) is 0. The van der Waals surface area contributed by atoms with Gasteiger partial charge in [-0.1, -0.05) is 30.2 Å². The molecule has 2 fully saturated rings. The number of nitrogens with zero attached hydrogens (tertiary/aromatic N) is 2. The second-order valence-corrected chi connectivity index (χ2v) is 6.87. The average molecular weight is 321 g/mol. The number of likely N-dealkylation sites (tertiary alicyclic amines) is 2. The van der Waals surface area contributed by atoms with Gasteiger partial charge >= 0.3 is 0 Å². The van der Waals surface area contributed by atoms with Crippen LogP contribution in [0.4, 0.5) is 0 Å². The molecule has 3 rings (SSSR count). The summed E-state index contributed by atoms with van der Waals surface area (Å²) in [5.74, 6) is 0.281. The van der Waals surface area contributed by atoms with Gasteiger partial charge in [-0.3, -0.25) is 9.69 Å². The van der Waals surface area contributed by atoms with Crippen molar-refractivity contribution < 1.29 is 4.79 Å². The Balaban J connectivity index is 1.84. The van der Waals surface area contributed by atoms with Crippen molar-refractivity contribution in [3.8, 4) is 0 Å². The van der Waals surface area contributed by atoms with Crippen LogP contribution in [0.25, 0.3) is 0 Å². The zero-order valence-corrected chi connectivity index (χ0v) is 13.9. The maximum absolute atomic E-state index is 13.1. The Morgan fingerprint density at radius 2 is 1.41 bits per heavy atom. The van der Waals surface area contributed by atoms with E-state index in [1.807, 2.05) is 24.3 Å². The van der Waals surface area contributed by atoms with Crippen LogP contribution in [0.3, 0.4) is 0 Å². The van der Waals surface area contributed by atoms with Gasteiger partial charge in [-0.15, -0.1) is 0 Å². The first kappa shape index (κ1) is 15.8. The Bertz CT molecular complexity index is 490. The van der Waals surface area contributed by atoms with Crippen LogP contribution >= 0.6 is 11.6 Å². The number of carbonyl (C=O) groups is 1. The van der Waals surface area contributed by atoms with Gasteiger partial charge in [0.25, 0.3) is 0 Å². The first-order valence-corrected chi connectivity index (χ1v) is 8.92. The summed E-state index contributed by atoms with van der Waals surface area (Å²) in [6, 6.07) is 7.71. The van der Waals surface area contributed by atoms with Crippen molar-refractivity contribution in [2.24, 2.45) is 0 Å². The molecule has 2 saturated heterocycles. The number of carbonyl (C=O) groups excluding carboxylic acids is 1. The van der Waals surface area contributed by atoms with Crippen molar-refractivity contribution in [1.29, 1.82) is 0 Å². The lowest BCUT2D eigenvalue weighted by molar-refractivity contribution is -0.138. The number of halogens is 1. The van der Waals surface area contributed by atoms with Gasteiger partial charge in [0.05, 0.1) is 0 Å². The van der Waals surface area contributed by atoms with Crippen molar-refractivity contribution in [2.45, 2.75) is 44.6 Å². The summed E-state index contributed by atoms with van der Waals surface area (Å²) in [5.41, 5.74) is 1.09. The molecule has 0 saturated carbocycles. The van der Waals surface area contributed by atoms with Crippen LogP contribution in [0.15, 0.2) is 24.3 Å². The van der Waals surface area contributed by atoms with Gasteiger partial charge in [0.1, 0.15) is 6.04 Å². The van der Waals surface area contributed by atoms with E-state index in [2.05, 4.69) is 9.80 Å². The minimum absolute atomic E-state index is 0.129. The SMILES string of the molecule is O=C(C(c1ccc(Cl)cc1)N1CCCCC1)N1CCCCC1. The van der Waals surface area contributed by atoms with Crippen LogP contribution in [0.5, 0.6) is 0 Å². The minimum Gasteiger partial charge on any atom is -0.341 e. The van der Waals surface area contributed by atoms with Gasteiger partial charge in [0.2, 0.25) is 5.91 Å². The van der Waals surface area contributed by atoms with Crippen molar-refractivity contribution >= 4 is 17.5 Å². The molecule has 1 amide bonds. The molecule has 0 radical (unpaired) electrons. The number of benzene rings is 1. The molecule has 22 heavy (non-hydrogen) atoms.